The molecule has 0 bridgehead atoms. The third-order valence-electron chi connectivity index (χ3n) is 2.64. The molecule has 0 atom stereocenters. The number of nitrogens with zero attached hydrogens (tertiary/aromatic N) is 3. The summed E-state index contributed by atoms with van der Waals surface area (Å²) in [4.78, 5) is 4.22. The van der Waals surface area contributed by atoms with Gasteiger partial charge in [-0.05, 0) is 12.1 Å². The minimum atomic E-state index is 0.155. The van der Waals surface area contributed by atoms with E-state index >= 15 is 0 Å². The summed E-state index contributed by atoms with van der Waals surface area (Å²) in [6, 6.07) is 6.99. The van der Waals surface area contributed by atoms with E-state index in [1.165, 1.54) is 7.11 Å². The molecule has 0 radical (unpaired) electrons. The van der Waals surface area contributed by atoms with E-state index < -0.39 is 0 Å². The van der Waals surface area contributed by atoms with Crippen molar-refractivity contribution in [3.8, 4) is 17.6 Å². The van der Waals surface area contributed by atoms with Crippen LogP contribution in [0.1, 0.15) is 37.0 Å². The van der Waals surface area contributed by atoms with Crippen molar-refractivity contribution in [2.45, 2.75) is 26.4 Å². The summed E-state index contributed by atoms with van der Waals surface area (Å²) in [5.74, 6) is 2.27. The van der Waals surface area contributed by atoms with Crippen LogP contribution >= 0.6 is 0 Å². The smallest absolute Gasteiger partial charge is 0.264 e. The van der Waals surface area contributed by atoms with Crippen LogP contribution in [0.4, 0.5) is 0 Å². The quantitative estimate of drug-likeness (QED) is 0.833. The van der Waals surface area contributed by atoms with E-state index in [0.29, 0.717) is 28.8 Å². The van der Waals surface area contributed by atoms with Crippen molar-refractivity contribution >= 4 is 0 Å². The van der Waals surface area contributed by atoms with Gasteiger partial charge in [0.1, 0.15) is 0 Å². The summed E-state index contributed by atoms with van der Waals surface area (Å²) in [5.41, 5.74) is 0.508. The Morgan fingerprint density at radius 2 is 2.15 bits per heavy atom. The zero-order valence-electron chi connectivity index (χ0n) is 11.6. The second-order valence-corrected chi connectivity index (χ2v) is 4.47. The Labute approximate surface area is 116 Å². The van der Waals surface area contributed by atoms with E-state index in [4.69, 9.17) is 19.3 Å². The zero-order valence-corrected chi connectivity index (χ0v) is 11.6. The topological polar surface area (TPSA) is 81.2 Å². The lowest BCUT2D eigenvalue weighted by molar-refractivity contribution is 0.233. The number of hydrogen-bond acceptors (Lipinski definition) is 6. The highest BCUT2D eigenvalue weighted by Crippen LogP contribution is 2.28. The molecule has 0 saturated heterocycles. The van der Waals surface area contributed by atoms with Gasteiger partial charge >= 0.3 is 0 Å². The molecule has 0 saturated carbocycles. The summed E-state index contributed by atoms with van der Waals surface area (Å²) in [6.45, 7) is 4.13. The summed E-state index contributed by atoms with van der Waals surface area (Å²) in [5, 5.41) is 12.7. The molecule has 20 heavy (non-hydrogen) atoms. The number of hydrogen-bond donors (Lipinski definition) is 0. The molecule has 0 fully saturated rings. The van der Waals surface area contributed by atoms with Crippen molar-refractivity contribution in [1.82, 2.24) is 10.1 Å². The number of methoxy groups -OCH3 is 1. The minimum absolute atomic E-state index is 0.155. The number of rotatable bonds is 5. The SMILES string of the molecule is COc1cc(C#N)ccc1OCc1nc(C(C)C)no1. The average molecular weight is 273 g/mol. The first-order chi connectivity index (χ1) is 9.63. The van der Waals surface area contributed by atoms with Gasteiger partial charge in [-0.2, -0.15) is 10.2 Å². The molecule has 2 rings (SSSR count). The Balaban J connectivity index is 2.08. The second-order valence-electron chi connectivity index (χ2n) is 4.47. The minimum Gasteiger partial charge on any atom is -0.493 e. The summed E-state index contributed by atoms with van der Waals surface area (Å²) >= 11 is 0. The maximum atomic E-state index is 8.83. The number of ether oxygens (including phenoxy) is 2. The molecule has 2 aromatic rings. The van der Waals surface area contributed by atoms with Crippen LogP contribution in [-0.4, -0.2) is 17.3 Å². The average Bonchev–Trinajstić information content (AvgIpc) is 2.94. The molecular formula is C14H15N3O3. The molecule has 1 heterocycles. The van der Waals surface area contributed by atoms with Gasteiger partial charge < -0.3 is 14.0 Å². The number of benzene rings is 1. The van der Waals surface area contributed by atoms with Crippen LogP contribution < -0.4 is 9.47 Å². The highest BCUT2D eigenvalue weighted by molar-refractivity contribution is 5.46. The van der Waals surface area contributed by atoms with E-state index in [1.807, 2.05) is 19.9 Å². The van der Waals surface area contributed by atoms with E-state index in [-0.39, 0.29) is 12.5 Å². The standard InChI is InChI=1S/C14H15N3O3/c1-9(2)14-16-13(20-17-14)8-19-11-5-4-10(7-15)6-12(11)18-3/h4-6,9H,8H2,1-3H3. The van der Waals surface area contributed by atoms with Crippen molar-refractivity contribution in [1.29, 1.82) is 5.26 Å². The Hall–Kier alpha value is -2.55. The van der Waals surface area contributed by atoms with E-state index in [0.717, 1.165) is 0 Å². The summed E-state index contributed by atoms with van der Waals surface area (Å²) in [7, 11) is 1.52. The molecular weight excluding hydrogens is 258 g/mol. The highest BCUT2D eigenvalue weighted by atomic mass is 16.5. The number of aromatic nitrogens is 2. The Morgan fingerprint density at radius 3 is 2.75 bits per heavy atom. The molecule has 0 aliphatic rings. The number of nitriles is 1. The fourth-order valence-electron chi connectivity index (χ4n) is 1.56. The molecule has 104 valence electrons. The molecule has 0 N–H and O–H groups in total. The van der Waals surface area contributed by atoms with Crippen LogP contribution in [0.15, 0.2) is 22.7 Å². The predicted octanol–water partition coefficient (Wildman–Crippen LogP) is 2.65. The van der Waals surface area contributed by atoms with Gasteiger partial charge in [-0.15, -0.1) is 0 Å². The van der Waals surface area contributed by atoms with Crippen molar-refractivity contribution in [2.24, 2.45) is 0 Å². The first kappa shape index (κ1) is 13.9. The lowest BCUT2D eigenvalue weighted by atomic mass is 10.2. The first-order valence-corrected chi connectivity index (χ1v) is 6.17. The molecule has 0 unspecified atom stereocenters. The third kappa shape index (κ3) is 3.06. The van der Waals surface area contributed by atoms with Gasteiger partial charge in [-0.3, -0.25) is 0 Å². The van der Waals surface area contributed by atoms with E-state index in [1.54, 1.807) is 18.2 Å². The maximum Gasteiger partial charge on any atom is 0.264 e. The van der Waals surface area contributed by atoms with Crippen molar-refractivity contribution in [3.05, 3.63) is 35.5 Å². The van der Waals surface area contributed by atoms with Crippen LogP contribution in [0.5, 0.6) is 11.5 Å². The lowest BCUT2D eigenvalue weighted by Crippen LogP contribution is -1.99. The molecule has 0 aliphatic heterocycles. The fourth-order valence-corrected chi connectivity index (χ4v) is 1.56. The van der Waals surface area contributed by atoms with Gasteiger partial charge in [0.2, 0.25) is 0 Å². The van der Waals surface area contributed by atoms with Gasteiger partial charge in [0.05, 0.1) is 18.7 Å². The zero-order chi connectivity index (χ0) is 14.5. The Kier molecular flexibility index (Phi) is 4.20. The molecule has 1 aromatic carbocycles. The third-order valence-corrected chi connectivity index (χ3v) is 2.64. The van der Waals surface area contributed by atoms with Crippen LogP contribution in [0.3, 0.4) is 0 Å². The molecule has 0 amide bonds. The van der Waals surface area contributed by atoms with Gasteiger partial charge in [0, 0.05) is 12.0 Å². The van der Waals surface area contributed by atoms with E-state index in [9.17, 15) is 0 Å². The maximum absolute atomic E-state index is 8.83. The van der Waals surface area contributed by atoms with E-state index in [2.05, 4.69) is 10.1 Å². The predicted molar refractivity (Wildman–Crippen MR) is 70.4 cm³/mol. The molecule has 6 nitrogen and oxygen atoms in total. The Bertz CT molecular complexity index is 629. The summed E-state index contributed by atoms with van der Waals surface area (Å²) in [6.07, 6.45) is 0. The monoisotopic (exact) mass is 273 g/mol. The molecule has 6 heteroatoms. The van der Waals surface area contributed by atoms with Crippen LogP contribution in [0, 0.1) is 11.3 Å². The van der Waals surface area contributed by atoms with Crippen LogP contribution in [0.25, 0.3) is 0 Å². The molecule has 0 aliphatic carbocycles. The van der Waals surface area contributed by atoms with Gasteiger partial charge in [0.25, 0.3) is 5.89 Å². The van der Waals surface area contributed by atoms with Crippen molar-refractivity contribution in [3.63, 3.8) is 0 Å². The van der Waals surface area contributed by atoms with Crippen molar-refractivity contribution < 1.29 is 14.0 Å². The largest absolute Gasteiger partial charge is 0.493 e. The van der Waals surface area contributed by atoms with Crippen molar-refractivity contribution in [2.75, 3.05) is 7.11 Å². The summed E-state index contributed by atoms with van der Waals surface area (Å²) < 4.78 is 15.8. The van der Waals surface area contributed by atoms with Gasteiger partial charge in [0.15, 0.2) is 23.9 Å². The van der Waals surface area contributed by atoms with Gasteiger partial charge in [-0.1, -0.05) is 19.0 Å². The van der Waals surface area contributed by atoms with Crippen LogP contribution in [0.2, 0.25) is 0 Å². The fraction of sp³-hybridized carbons (Fsp3) is 0.357. The molecule has 0 spiro atoms. The Morgan fingerprint density at radius 1 is 1.35 bits per heavy atom. The van der Waals surface area contributed by atoms with Crippen LogP contribution in [-0.2, 0) is 6.61 Å². The lowest BCUT2D eigenvalue weighted by Gasteiger charge is -2.08. The second kappa shape index (κ2) is 6.06. The normalized spacial score (nSPS) is 10.3. The highest BCUT2D eigenvalue weighted by Gasteiger charge is 2.12. The first-order valence-electron chi connectivity index (χ1n) is 6.17. The van der Waals surface area contributed by atoms with Gasteiger partial charge in [-0.25, -0.2) is 0 Å². The molecule has 1 aromatic heterocycles.